The van der Waals surface area contributed by atoms with Crippen LogP contribution >= 0.6 is 0 Å². The van der Waals surface area contributed by atoms with E-state index in [2.05, 4.69) is 4.74 Å². The molecule has 0 bridgehead atoms. The van der Waals surface area contributed by atoms with E-state index in [1.165, 1.54) is 13.2 Å². The van der Waals surface area contributed by atoms with Gasteiger partial charge in [0.25, 0.3) is 0 Å². The third kappa shape index (κ3) is 5.88. The number of methoxy groups -OCH3 is 2. The molecule has 0 saturated heterocycles. The Balaban J connectivity index is 2.96. The zero-order chi connectivity index (χ0) is 17.9. The third-order valence-electron chi connectivity index (χ3n) is 2.66. The Morgan fingerprint density at radius 2 is 1.96 bits per heavy atom. The maximum atomic E-state index is 13.4. The van der Waals surface area contributed by atoms with Crippen molar-refractivity contribution in [3.05, 3.63) is 41.6 Å². The molecule has 8 heteroatoms. The predicted molar refractivity (Wildman–Crippen MR) is 80.9 cm³/mol. The van der Waals surface area contributed by atoms with Crippen molar-refractivity contribution in [3.63, 3.8) is 0 Å². The standard InChI is InChI=1S/C16H19FO7/c1-4-22-7-8-23-15(18)12-9-11(17)5-6-13(12)24-14(10-20-2)16(19)21-3/h5-6,9-10H,4,7-8H2,1-3H3/b14-10+. The molecule has 0 spiro atoms. The first-order chi connectivity index (χ1) is 11.5. The highest BCUT2D eigenvalue weighted by atomic mass is 19.1. The molecule has 1 aromatic carbocycles. The molecular weight excluding hydrogens is 323 g/mol. The number of benzene rings is 1. The Morgan fingerprint density at radius 1 is 1.21 bits per heavy atom. The Bertz CT molecular complexity index is 598. The fourth-order valence-electron chi connectivity index (χ4n) is 1.61. The van der Waals surface area contributed by atoms with E-state index in [9.17, 15) is 14.0 Å². The summed E-state index contributed by atoms with van der Waals surface area (Å²) in [6.45, 7) is 2.50. The van der Waals surface area contributed by atoms with E-state index in [0.29, 0.717) is 6.61 Å². The summed E-state index contributed by atoms with van der Waals surface area (Å²) in [5.74, 6) is -2.68. The minimum atomic E-state index is -0.822. The highest BCUT2D eigenvalue weighted by Gasteiger charge is 2.20. The molecule has 0 N–H and O–H groups in total. The molecule has 0 saturated carbocycles. The second kappa shape index (κ2) is 10.2. The van der Waals surface area contributed by atoms with Crippen molar-refractivity contribution < 1.29 is 37.7 Å². The lowest BCUT2D eigenvalue weighted by atomic mass is 10.2. The Labute approximate surface area is 138 Å². The van der Waals surface area contributed by atoms with Crippen LogP contribution in [0.4, 0.5) is 4.39 Å². The second-order valence-corrected chi connectivity index (χ2v) is 4.28. The number of halogens is 1. The van der Waals surface area contributed by atoms with Crippen LogP contribution in [0.2, 0.25) is 0 Å². The van der Waals surface area contributed by atoms with Crippen molar-refractivity contribution in [2.24, 2.45) is 0 Å². The van der Waals surface area contributed by atoms with E-state index in [0.717, 1.165) is 25.5 Å². The van der Waals surface area contributed by atoms with Crippen molar-refractivity contribution in [3.8, 4) is 5.75 Å². The number of carbonyl (C=O) groups excluding carboxylic acids is 2. The van der Waals surface area contributed by atoms with E-state index in [1.54, 1.807) is 6.92 Å². The molecule has 0 aliphatic rings. The lowest BCUT2D eigenvalue weighted by molar-refractivity contribution is -0.138. The van der Waals surface area contributed by atoms with Crippen LogP contribution in [0.25, 0.3) is 0 Å². The molecule has 0 fully saturated rings. The molecule has 0 aliphatic carbocycles. The first-order valence-corrected chi connectivity index (χ1v) is 7.07. The summed E-state index contributed by atoms with van der Waals surface area (Å²) in [4.78, 5) is 23.7. The van der Waals surface area contributed by atoms with Gasteiger partial charge in [0, 0.05) is 6.61 Å². The topological polar surface area (TPSA) is 80.3 Å². The van der Waals surface area contributed by atoms with Gasteiger partial charge < -0.3 is 23.7 Å². The molecule has 0 unspecified atom stereocenters. The van der Waals surface area contributed by atoms with E-state index in [-0.39, 0.29) is 30.3 Å². The fourth-order valence-corrected chi connectivity index (χ4v) is 1.61. The second-order valence-electron chi connectivity index (χ2n) is 4.28. The minimum Gasteiger partial charge on any atom is -0.500 e. The first kappa shape index (κ1) is 19.4. The molecular formula is C16H19FO7. The molecule has 0 amide bonds. The van der Waals surface area contributed by atoms with Crippen molar-refractivity contribution in [2.45, 2.75) is 6.92 Å². The van der Waals surface area contributed by atoms with Crippen LogP contribution < -0.4 is 4.74 Å². The van der Waals surface area contributed by atoms with Gasteiger partial charge in [-0.15, -0.1) is 0 Å². The molecule has 1 aromatic rings. The summed E-state index contributed by atoms with van der Waals surface area (Å²) in [5, 5.41) is 0. The van der Waals surface area contributed by atoms with Gasteiger partial charge in [-0.3, -0.25) is 0 Å². The molecule has 0 atom stereocenters. The lowest BCUT2D eigenvalue weighted by Gasteiger charge is -2.12. The molecule has 0 radical (unpaired) electrons. The van der Waals surface area contributed by atoms with Gasteiger partial charge in [-0.05, 0) is 25.1 Å². The van der Waals surface area contributed by atoms with Gasteiger partial charge in [0.05, 0.1) is 20.8 Å². The molecule has 0 aromatic heterocycles. The fraction of sp³-hybridized carbons (Fsp3) is 0.375. The summed E-state index contributed by atoms with van der Waals surface area (Å²) in [6.07, 6.45) is 0.999. The zero-order valence-electron chi connectivity index (χ0n) is 13.7. The van der Waals surface area contributed by atoms with Gasteiger partial charge in [0.15, 0.2) is 0 Å². The molecule has 7 nitrogen and oxygen atoms in total. The molecule has 132 valence electrons. The Kier molecular flexibility index (Phi) is 8.28. The van der Waals surface area contributed by atoms with Crippen LogP contribution in [0.3, 0.4) is 0 Å². The van der Waals surface area contributed by atoms with Gasteiger partial charge in [0.2, 0.25) is 5.76 Å². The Hall–Kier alpha value is -2.61. The number of carbonyl (C=O) groups is 2. The first-order valence-electron chi connectivity index (χ1n) is 7.07. The highest BCUT2D eigenvalue weighted by Crippen LogP contribution is 2.23. The van der Waals surface area contributed by atoms with Crippen LogP contribution in [0.15, 0.2) is 30.2 Å². The van der Waals surface area contributed by atoms with E-state index in [4.69, 9.17) is 18.9 Å². The van der Waals surface area contributed by atoms with E-state index in [1.807, 2.05) is 0 Å². The van der Waals surface area contributed by atoms with Gasteiger partial charge in [-0.25, -0.2) is 14.0 Å². The summed E-state index contributed by atoms with van der Waals surface area (Å²) in [7, 11) is 2.46. The molecule has 24 heavy (non-hydrogen) atoms. The van der Waals surface area contributed by atoms with Crippen molar-refractivity contribution >= 4 is 11.9 Å². The number of ether oxygens (including phenoxy) is 5. The molecule has 1 rings (SSSR count). The van der Waals surface area contributed by atoms with Gasteiger partial charge in [-0.2, -0.15) is 0 Å². The van der Waals surface area contributed by atoms with Crippen molar-refractivity contribution in [2.75, 3.05) is 34.0 Å². The number of rotatable bonds is 9. The van der Waals surface area contributed by atoms with Crippen LogP contribution in [0.5, 0.6) is 5.75 Å². The summed E-state index contributed by atoms with van der Waals surface area (Å²) in [5.41, 5.74) is -0.183. The van der Waals surface area contributed by atoms with E-state index < -0.39 is 17.8 Å². The molecule has 0 aliphatic heterocycles. The monoisotopic (exact) mass is 342 g/mol. The SMILES string of the molecule is CCOCCOC(=O)c1cc(F)ccc1O/C(=C/OC)C(=O)OC. The number of hydrogen-bond acceptors (Lipinski definition) is 7. The van der Waals surface area contributed by atoms with Crippen LogP contribution in [0.1, 0.15) is 17.3 Å². The highest BCUT2D eigenvalue weighted by molar-refractivity contribution is 5.93. The van der Waals surface area contributed by atoms with Gasteiger partial charge >= 0.3 is 11.9 Å². The van der Waals surface area contributed by atoms with E-state index >= 15 is 0 Å². The number of hydrogen-bond donors (Lipinski definition) is 0. The van der Waals surface area contributed by atoms with Crippen LogP contribution in [-0.4, -0.2) is 46.0 Å². The normalized spacial score (nSPS) is 10.9. The van der Waals surface area contributed by atoms with Crippen LogP contribution in [-0.2, 0) is 23.7 Å². The average molecular weight is 342 g/mol. The van der Waals surface area contributed by atoms with Gasteiger partial charge in [-0.1, -0.05) is 0 Å². The predicted octanol–water partition coefficient (Wildman–Crippen LogP) is 2.06. The maximum Gasteiger partial charge on any atom is 0.377 e. The smallest absolute Gasteiger partial charge is 0.377 e. The quantitative estimate of drug-likeness (QED) is 0.294. The maximum absolute atomic E-state index is 13.4. The largest absolute Gasteiger partial charge is 0.500 e. The van der Waals surface area contributed by atoms with Gasteiger partial charge in [0.1, 0.15) is 30.0 Å². The third-order valence-corrected chi connectivity index (χ3v) is 2.66. The lowest BCUT2D eigenvalue weighted by Crippen LogP contribution is -2.15. The Morgan fingerprint density at radius 3 is 2.58 bits per heavy atom. The summed E-state index contributed by atoms with van der Waals surface area (Å²) >= 11 is 0. The summed E-state index contributed by atoms with van der Waals surface area (Å²) < 4.78 is 38.0. The van der Waals surface area contributed by atoms with Crippen molar-refractivity contribution in [1.29, 1.82) is 0 Å². The van der Waals surface area contributed by atoms with Crippen molar-refractivity contribution in [1.82, 2.24) is 0 Å². The molecule has 0 heterocycles. The average Bonchev–Trinajstić information content (AvgIpc) is 2.58. The summed E-state index contributed by atoms with van der Waals surface area (Å²) in [6, 6.07) is 3.22. The zero-order valence-corrected chi connectivity index (χ0v) is 13.7. The van der Waals surface area contributed by atoms with Crippen LogP contribution in [0, 0.1) is 5.82 Å². The minimum absolute atomic E-state index is 0.000393. The number of esters is 2.